The van der Waals surface area contributed by atoms with Crippen molar-refractivity contribution >= 4 is 24.2 Å². The van der Waals surface area contributed by atoms with E-state index >= 15 is 0 Å². The third kappa shape index (κ3) is 3.96. The highest BCUT2D eigenvalue weighted by molar-refractivity contribution is 5.90. The minimum atomic E-state index is -0.318. The SMILES string of the molecule is CNC1CCCN(C(=O)C2CC(=O)N(C)C2c2ccc(OC)cc2)C1.Cl. The fourth-order valence-corrected chi connectivity index (χ4v) is 4.00. The highest BCUT2D eigenvalue weighted by atomic mass is 35.5. The van der Waals surface area contributed by atoms with Crippen LogP contribution in [0.3, 0.4) is 0 Å². The molecule has 1 aromatic carbocycles. The Hall–Kier alpha value is -1.79. The highest BCUT2D eigenvalue weighted by Crippen LogP contribution is 2.39. The van der Waals surface area contributed by atoms with Crippen molar-refractivity contribution in [3.63, 3.8) is 0 Å². The number of rotatable bonds is 4. The van der Waals surface area contributed by atoms with Crippen LogP contribution in [0.2, 0.25) is 0 Å². The van der Waals surface area contributed by atoms with Crippen molar-refractivity contribution in [3.8, 4) is 5.75 Å². The third-order valence-corrected chi connectivity index (χ3v) is 5.50. The number of carbonyl (C=O) groups is 2. The van der Waals surface area contributed by atoms with Gasteiger partial charge in [-0.3, -0.25) is 9.59 Å². The molecule has 2 amide bonds. The Morgan fingerprint density at radius 3 is 2.58 bits per heavy atom. The average molecular weight is 382 g/mol. The quantitative estimate of drug-likeness (QED) is 0.864. The van der Waals surface area contributed by atoms with Gasteiger partial charge >= 0.3 is 0 Å². The second-order valence-corrected chi connectivity index (χ2v) is 6.95. The molecule has 7 heteroatoms. The number of carbonyl (C=O) groups excluding carboxylic acids is 2. The largest absolute Gasteiger partial charge is 0.497 e. The lowest BCUT2D eigenvalue weighted by Crippen LogP contribution is -2.49. The minimum absolute atomic E-state index is 0. The van der Waals surface area contributed by atoms with E-state index in [1.54, 1.807) is 19.1 Å². The highest BCUT2D eigenvalue weighted by Gasteiger charge is 2.44. The number of benzene rings is 1. The van der Waals surface area contributed by atoms with E-state index in [4.69, 9.17) is 4.74 Å². The molecule has 3 rings (SSSR count). The van der Waals surface area contributed by atoms with Gasteiger partial charge in [0.1, 0.15) is 5.75 Å². The molecular formula is C19H28ClN3O3. The maximum absolute atomic E-state index is 13.2. The van der Waals surface area contributed by atoms with Crippen LogP contribution in [0, 0.1) is 5.92 Å². The summed E-state index contributed by atoms with van der Waals surface area (Å²) in [6, 6.07) is 7.79. The molecule has 1 aromatic rings. The summed E-state index contributed by atoms with van der Waals surface area (Å²) in [6.07, 6.45) is 2.37. The zero-order valence-corrected chi connectivity index (χ0v) is 16.4. The second kappa shape index (κ2) is 8.73. The number of halogens is 1. The van der Waals surface area contributed by atoms with E-state index in [0.29, 0.717) is 6.04 Å². The van der Waals surface area contributed by atoms with E-state index in [-0.39, 0.29) is 42.6 Å². The van der Waals surface area contributed by atoms with Crippen molar-refractivity contribution in [2.24, 2.45) is 5.92 Å². The van der Waals surface area contributed by atoms with Gasteiger partial charge in [-0.15, -0.1) is 12.4 Å². The topological polar surface area (TPSA) is 61.9 Å². The van der Waals surface area contributed by atoms with Gasteiger partial charge in [0, 0.05) is 32.6 Å². The molecule has 3 atom stereocenters. The predicted octanol–water partition coefficient (Wildman–Crippen LogP) is 1.85. The maximum Gasteiger partial charge on any atom is 0.228 e. The van der Waals surface area contributed by atoms with Crippen LogP contribution in [0.25, 0.3) is 0 Å². The van der Waals surface area contributed by atoms with Gasteiger partial charge in [-0.05, 0) is 37.6 Å². The summed E-state index contributed by atoms with van der Waals surface area (Å²) in [7, 11) is 5.35. The van der Waals surface area contributed by atoms with Crippen LogP contribution in [-0.4, -0.2) is 62.0 Å². The Bertz CT molecular complexity index is 637. The summed E-state index contributed by atoms with van der Waals surface area (Å²) >= 11 is 0. The van der Waals surface area contributed by atoms with Gasteiger partial charge in [-0.1, -0.05) is 12.1 Å². The van der Waals surface area contributed by atoms with E-state index < -0.39 is 0 Å². The molecule has 2 fully saturated rings. The van der Waals surface area contributed by atoms with Gasteiger partial charge in [-0.2, -0.15) is 0 Å². The second-order valence-electron chi connectivity index (χ2n) is 6.95. The molecule has 2 heterocycles. The van der Waals surface area contributed by atoms with Crippen molar-refractivity contribution < 1.29 is 14.3 Å². The Kier molecular flexibility index (Phi) is 6.89. The summed E-state index contributed by atoms with van der Waals surface area (Å²) in [5.74, 6) is 0.577. The van der Waals surface area contributed by atoms with Crippen molar-refractivity contribution in [2.75, 3.05) is 34.3 Å². The lowest BCUT2D eigenvalue weighted by Gasteiger charge is -2.35. The fourth-order valence-electron chi connectivity index (χ4n) is 4.00. The van der Waals surface area contributed by atoms with E-state index in [1.165, 1.54) is 0 Å². The first-order valence-corrected chi connectivity index (χ1v) is 8.90. The molecule has 1 N–H and O–H groups in total. The van der Waals surface area contributed by atoms with Crippen LogP contribution in [0.15, 0.2) is 24.3 Å². The van der Waals surface area contributed by atoms with Crippen molar-refractivity contribution in [1.82, 2.24) is 15.1 Å². The molecule has 2 saturated heterocycles. The smallest absolute Gasteiger partial charge is 0.228 e. The molecule has 3 unspecified atom stereocenters. The van der Waals surface area contributed by atoms with E-state index in [1.807, 2.05) is 36.2 Å². The van der Waals surface area contributed by atoms with Crippen LogP contribution in [0.1, 0.15) is 30.9 Å². The van der Waals surface area contributed by atoms with Crippen LogP contribution in [0.4, 0.5) is 0 Å². The molecule has 2 aliphatic rings. The molecular weight excluding hydrogens is 354 g/mol. The summed E-state index contributed by atoms with van der Waals surface area (Å²) in [5, 5.41) is 3.27. The number of likely N-dealkylation sites (N-methyl/N-ethyl adjacent to an activating group) is 1. The van der Waals surface area contributed by atoms with E-state index in [0.717, 1.165) is 37.2 Å². The lowest BCUT2D eigenvalue weighted by molar-refractivity contribution is -0.138. The number of hydrogen-bond donors (Lipinski definition) is 1. The summed E-state index contributed by atoms with van der Waals surface area (Å²) in [6.45, 7) is 1.50. The maximum atomic E-state index is 13.2. The van der Waals surface area contributed by atoms with Crippen molar-refractivity contribution in [3.05, 3.63) is 29.8 Å². The first-order chi connectivity index (χ1) is 12.0. The zero-order valence-electron chi connectivity index (χ0n) is 15.6. The molecule has 26 heavy (non-hydrogen) atoms. The standard InChI is InChI=1S/C19H27N3O3.ClH/c1-20-14-5-4-10-22(12-14)19(24)16-11-17(23)21(2)18(16)13-6-8-15(25-3)9-7-13;/h6-9,14,16,18,20H,4-5,10-12H2,1-3H3;1H. The normalized spacial score (nSPS) is 25.8. The fraction of sp³-hybridized carbons (Fsp3) is 0.579. The van der Waals surface area contributed by atoms with Gasteiger partial charge in [0.2, 0.25) is 11.8 Å². The van der Waals surface area contributed by atoms with Crippen molar-refractivity contribution in [1.29, 1.82) is 0 Å². The summed E-state index contributed by atoms with van der Waals surface area (Å²) < 4.78 is 5.21. The van der Waals surface area contributed by atoms with Crippen LogP contribution in [-0.2, 0) is 9.59 Å². The third-order valence-electron chi connectivity index (χ3n) is 5.50. The first kappa shape index (κ1) is 20.5. The molecule has 0 spiro atoms. The van der Waals surface area contributed by atoms with E-state index in [2.05, 4.69) is 5.32 Å². The van der Waals surface area contributed by atoms with Crippen LogP contribution in [0.5, 0.6) is 5.75 Å². The summed E-state index contributed by atoms with van der Waals surface area (Å²) in [5.41, 5.74) is 0.981. The molecule has 0 saturated carbocycles. The summed E-state index contributed by atoms with van der Waals surface area (Å²) in [4.78, 5) is 29.1. The van der Waals surface area contributed by atoms with Gasteiger partial charge in [0.25, 0.3) is 0 Å². The van der Waals surface area contributed by atoms with Crippen LogP contribution < -0.4 is 10.1 Å². The Labute approximate surface area is 161 Å². The number of hydrogen-bond acceptors (Lipinski definition) is 4. The number of piperidine rings is 1. The number of amides is 2. The van der Waals surface area contributed by atoms with Gasteiger partial charge in [0.05, 0.1) is 19.1 Å². The Morgan fingerprint density at radius 2 is 1.96 bits per heavy atom. The Balaban J connectivity index is 0.00000243. The predicted molar refractivity (Wildman–Crippen MR) is 103 cm³/mol. The van der Waals surface area contributed by atoms with Gasteiger partial charge in [0.15, 0.2) is 0 Å². The number of nitrogens with zero attached hydrogens (tertiary/aromatic N) is 2. The molecule has 0 bridgehead atoms. The average Bonchev–Trinajstić information content (AvgIpc) is 2.96. The van der Waals surface area contributed by atoms with Gasteiger partial charge in [-0.25, -0.2) is 0 Å². The molecule has 144 valence electrons. The van der Waals surface area contributed by atoms with Crippen molar-refractivity contribution in [2.45, 2.75) is 31.3 Å². The zero-order chi connectivity index (χ0) is 18.0. The number of nitrogens with one attached hydrogen (secondary N) is 1. The lowest BCUT2D eigenvalue weighted by atomic mass is 9.91. The monoisotopic (exact) mass is 381 g/mol. The van der Waals surface area contributed by atoms with Crippen LogP contribution >= 0.6 is 12.4 Å². The molecule has 2 aliphatic heterocycles. The number of likely N-dealkylation sites (tertiary alicyclic amines) is 2. The minimum Gasteiger partial charge on any atom is -0.497 e. The molecule has 6 nitrogen and oxygen atoms in total. The number of ether oxygens (including phenoxy) is 1. The Morgan fingerprint density at radius 1 is 1.27 bits per heavy atom. The first-order valence-electron chi connectivity index (χ1n) is 8.90. The number of methoxy groups -OCH3 is 1. The molecule has 0 aliphatic carbocycles. The molecule has 0 aromatic heterocycles. The molecule has 0 radical (unpaired) electrons. The van der Waals surface area contributed by atoms with Gasteiger partial charge < -0.3 is 19.9 Å². The van der Waals surface area contributed by atoms with E-state index in [9.17, 15) is 9.59 Å².